The Morgan fingerprint density at radius 3 is 2.50 bits per heavy atom. The van der Waals surface area contributed by atoms with E-state index >= 15 is 0 Å². The average molecular weight is 513 g/mol. The topological polar surface area (TPSA) is 52.6 Å². The van der Waals surface area contributed by atoms with Crippen LogP contribution in [-0.2, 0) is 6.42 Å². The molecule has 2 heterocycles. The summed E-state index contributed by atoms with van der Waals surface area (Å²) in [4.78, 5) is 11.5. The van der Waals surface area contributed by atoms with E-state index in [1.165, 1.54) is 37.1 Å². The lowest BCUT2D eigenvalue weighted by atomic mass is 10.0. The first-order chi connectivity index (χ1) is 13.2. The van der Waals surface area contributed by atoms with Crippen molar-refractivity contribution in [2.24, 2.45) is 4.99 Å². The quantitative estimate of drug-likeness (QED) is 0.335. The second kappa shape index (κ2) is 11.7. The van der Waals surface area contributed by atoms with Crippen LogP contribution in [0, 0.1) is 13.8 Å². The van der Waals surface area contributed by atoms with Gasteiger partial charge >= 0.3 is 0 Å². The second-order valence-corrected chi connectivity index (χ2v) is 8.22. The van der Waals surface area contributed by atoms with Crippen molar-refractivity contribution in [3.8, 4) is 0 Å². The van der Waals surface area contributed by atoms with Gasteiger partial charge < -0.3 is 10.6 Å². The van der Waals surface area contributed by atoms with Gasteiger partial charge in [-0.1, -0.05) is 29.8 Å². The van der Waals surface area contributed by atoms with Gasteiger partial charge in [-0.15, -0.1) is 35.3 Å². The lowest BCUT2D eigenvalue weighted by Crippen LogP contribution is -2.43. The van der Waals surface area contributed by atoms with Crippen LogP contribution in [0.15, 0.2) is 34.6 Å². The van der Waals surface area contributed by atoms with E-state index in [2.05, 4.69) is 62.1 Å². The molecule has 0 radical (unpaired) electrons. The third-order valence-electron chi connectivity index (χ3n) is 5.07. The number of guanidine groups is 1. The molecule has 2 N–H and O–H groups in total. The summed E-state index contributed by atoms with van der Waals surface area (Å²) >= 11 is 1.71. The van der Waals surface area contributed by atoms with E-state index in [9.17, 15) is 0 Å². The lowest BCUT2D eigenvalue weighted by molar-refractivity contribution is 0.245. The molecule has 1 aliphatic rings. The molecule has 7 heteroatoms. The maximum absolute atomic E-state index is 4.52. The molecule has 1 unspecified atom stereocenters. The van der Waals surface area contributed by atoms with Gasteiger partial charge in [0.05, 0.1) is 16.7 Å². The van der Waals surface area contributed by atoms with Crippen LogP contribution in [-0.4, -0.2) is 49.1 Å². The van der Waals surface area contributed by atoms with Crippen LogP contribution in [0.2, 0.25) is 0 Å². The number of aromatic nitrogens is 1. The Balaban J connectivity index is 0.00000280. The van der Waals surface area contributed by atoms with E-state index in [-0.39, 0.29) is 24.0 Å². The van der Waals surface area contributed by atoms with Crippen molar-refractivity contribution in [3.05, 3.63) is 51.5 Å². The van der Waals surface area contributed by atoms with Crippen LogP contribution in [0.5, 0.6) is 0 Å². The van der Waals surface area contributed by atoms with Crippen molar-refractivity contribution < 1.29 is 0 Å². The molecule has 0 aliphatic carbocycles. The maximum atomic E-state index is 4.52. The van der Waals surface area contributed by atoms with E-state index < -0.39 is 0 Å². The highest BCUT2D eigenvalue weighted by Gasteiger charge is 2.23. The predicted octanol–water partition coefficient (Wildman–Crippen LogP) is 3.92. The van der Waals surface area contributed by atoms with Gasteiger partial charge in [-0.25, -0.2) is 4.98 Å². The Bertz CT molecular complexity index is 738. The lowest BCUT2D eigenvalue weighted by Gasteiger charge is -2.29. The van der Waals surface area contributed by atoms with Gasteiger partial charge in [0, 0.05) is 31.9 Å². The van der Waals surface area contributed by atoms with Gasteiger partial charge in [0.25, 0.3) is 0 Å². The van der Waals surface area contributed by atoms with Crippen LogP contribution in [0.4, 0.5) is 0 Å². The fourth-order valence-corrected chi connectivity index (χ4v) is 4.19. The number of halogens is 1. The average Bonchev–Trinajstić information content (AvgIpc) is 3.34. The molecule has 0 spiro atoms. The largest absolute Gasteiger partial charge is 0.356 e. The number of thiazole rings is 1. The van der Waals surface area contributed by atoms with Crippen LogP contribution >= 0.6 is 35.3 Å². The smallest absolute Gasteiger partial charge is 0.191 e. The van der Waals surface area contributed by atoms with Crippen molar-refractivity contribution in [3.63, 3.8) is 0 Å². The van der Waals surface area contributed by atoms with Gasteiger partial charge in [-0.05, 0) is 45.3 Å². The van der Waals surface area contributed by atoms with Gasteiger partial charge in [-0.3, -0.25) is 9.89 Å². The minimum Gasteiger partial charge on any atom is -0.356 e. The molecule has 3 rings (SSSR count). The zero-order chi connectivity index (χ0) is 19.1. The summed E-state index contributed by atoms with van der Waals surface area (Å²) in [5, 5.41) is 10.2. The number of nitrogens with zero attached hydrogens (tertiary/aromatic N) is 3. The number of hydrogen-bond acceptors (Lipinski definition) is 4. The highest BCUT2D eigenvalue weighted by Crippen LogP contribution is 2.24. The highest BCUT2D eigenvalue weighted by atomic mass is 127. The zero-order valence-electron chi connectivity index (χ0n) is 17.1. The van der Waals surface area contributed by atoms with Crippen molar-refractivity contribution >= 4 is 41.3 Å². The van der Waals surface area contributed by atoms with Crippen molar-refractivity contribution in [2.45, 2.75) is 39.2 Å². The Hall–Kier alpha value is -1.19. The third-order valence-corrected chi connectivity index (χ3v) is 5.89. The number of likely N-dealkylation sites (tertiary alicyclic amines) is 1. The molecular weight excluding hydrogens is 481 g/mol. The van der Waals surface area contributed by atoms with E-state index in [0.29, 0.717) is 6.04 Å². The summed E-state index contributed by atoms with van der Waals surface area (Å²) in [6, 6.07) is 9.33. The molecule has 28 heavy (non-hydrogen) atoms. The molecule has 2 aromatic rings. The first-order valence-electron chi connectivity index (χ1n) is 9.82. The Labute approximate surface area is 190 Å². The molecule has 1 aromatic heterocycles. The predicted molar refractivity (Wildman–Crippen MR) is 130 cm³/mol. The molecule has 1 fully saturated rings. The molecule has 1 aromatic carbocycles. The minimum atomic E-state index is 0. The summed E-state index contributed by atoms with van der Waals surface area (Å²) in [6.07, 6.45) is 3.50. The van der Waals surface area contributed by atoms with Crippen LogP contribution < -0.4 is 10.6 Å². The summed E-state index contributed by atoms with van der Waals surface area (Å²) in [6.45, 7) is 8.24. The number of benzene rings is 1. The summed E-state index contributed by atoms with van der Waals surface area (Å²) in [5.74, 6) is 0.860. The fraction of sp³-hybridized carbons (Fsp3) is 0.524. The molecule has 0 saturated carbocycles. The van der Waals surface area contributed by atoms with E-state index in [0.717, 1.165) is 36.2 Å². The molecule has 1 atom stereocenters. The molecule has 1 aliphatic heterocycles. The monoisotopic (exact) mass is 513 g/mol. The molecular formula is C21H32IN5S. The molecule has 1 saturated heterocycles. The first kappa shape index (κ1) is 23.1. The number of aliphatic imine (C=N–C) groups is 1. The molecule has 0 bridgehead atoms. The van der Waals surface area contributed by atoms with Crippen LogP contribution in [0.3, 0.4) is 0 Å². The Morgan fingerprint density at radius 1 is 1.18 bits per heavy atom. The minimum absolute atomic E-state index is 0. The summed E-state index contributed by atoms with van der Waals surface area (Å²) < 4.78 is 0. The van der Waals surface area contributed by atoms with Gasteiger partial charge in [-0.2, -0.15) is 0 Å². The Kier molecular flexibility index (Phi) is 9.67. The molecule has 0 amide bonds. The van der Waals surface area contributed by atoms with E-state index in [1.54, 1.807) is 11.3 Å². The first-order valence-corrected chi connectivity index (χ1v) is 10.7. The SMILES string of the molecule is CN=C(NCCc1csc(C)n1)NCC(c1ccc(C)cc1)N1CCCC1.I. The van der Waals surface area contributed by atoms with Crippen molar-refractivity contribution in [1.82, 2.24) is 20.5 Å². The number of hydrogen-bond donors (Lipinski definition) is 2. The van der Waals surface area contributed by atoms with Crippen LogP contribution in [0.25, 0.3) is 0 Å². The maximum Gasteiger partial charge on any atom is 0.191 e. The van der Waals surface area contributed by atoms with E-state index in [1.807, 2.05) is 14.0 Å². The van der Waals surface area contributed by atoms with Crippen LogP contribution in [0.1, 0.15) is 40.7 Å². The highest BCUT2D eigenvalue weighted by molar-refractivity contribution is 14.0. The normalized spacial score (nSPS) is 15.9. The summed E-state index contributed by atoms with van der Waals surface area (Å²) in [7, 11) is 1.83. The van der Waals surface area contributed by atoms with Crippen molar-refractivity contribution in [1.29, 1.82) is 0 Å². The number of rotatable bonds is 7. The van der Waals surface area contributed by atoms with Gasteiger partial charge in [0.1, 0.15) is 0 Å². The number of aryl methyl sites for hydroxylation is 2. The summed E-state index contributed by atoms with van der Waals surface area (Å²) in [5.41, 5.74) is 3.83. The molecule has 154 valence electrons. The standard InChI is InChI=1S/C21H31N5S.HI/c1-16-6-8-18(9-7-16)20(26-12-4-5-13-26)14-24-21(22-3)23-11-10-19-15-27-17(2)25-19;/h6-9,15,20H,4-5,10-14H2,1-3H3,(H2,22,23,24);1H. The van der Waals surface area contributed by atoms with E-state index in [4.69, 9.17) is 0 Å². The Morgan fingerprint density at radius 2 is 1.89 bits per heavy atom. The van der Waals surface area contributed by atoms with Gasteiger partial charge in [0.2, 0.25) is 0 Å². The van der Waals surface area contributed by atoms with Crippen molar-refractivity contribution in [2.75, 3.05) is 33.2 Å². The molecule has 5 nitrogen and oxygen atoms in total. The zero-order valence-corrected chi connectivity index (χ0v) is 20.2. The fourth-order valence-electron chi connectivity index (χ4n) is 3.55. The second-order valence-electron chi connectivity index (χ2n) is 7.16. The third kappa shape index (κ3) is 6.70. The van der Waals surface area contributed by atoms with Gasteiger partial charge in [0.15, 0.2) is 5.96 Å². The number of nitrogens with one attached hydrogen (secondary N) is 2.